The number of aryl methyl sites for hydroxylation is 1. The van der Waals surface area contributed by atoms with Gasteiger partial charge in [-0.3, -0.25) is 9.36 Å². The Balaban J connectivity index is 2.23. The molecular formula is C13H16N2O5S. The molecule has 0 aromatic carbocycles. The standard InChI is InChI=1S/C13H16N2O5S/c1-8-9-11(21-10(8)13(17)18)14-7-15(12(9)16)3-4-20-6-5-19-2/h7H,3-6H2,1-2H3,(H,17,18). The topological polar surface area (TPSA) is 90.7 Å². The predicted molar refractivity (Wildman–Crippen MR) is 78.3 cm³/mol. The molecule has 1 N–H and O–H groups in total. The molecule has 2 heterocycles. The highest BCUT2D eigenvalue weighted by Gasteiger charge is 2.18. The van der Waals surface area contributed by atoms with E-state index in [2.05, 4.69) is 4.98 Å². The summed E-state index contributed by atoms with van der Waals surface area (Å²) in [5.41, 5.74) is 0.228. The number of hydrogen-bond donors (Lipinski definition) is 1. The minimum Gasteiger partial charge on any atom is -0.477 e. The van der Waals surface area contributed by atoms with Gasteiger partial charge < -0.3 is 14.6 Å². The Labute approximate surface area is 124 Å². The van der Waals surface area contributed by atoms with Crippen LogP contribution in [-0.4, -0.2) is 47.6 Å². The third-order valence-corrected chi connectivity index (χ3v) is 4.21. The molecule has 0 atom stereocenters. The normalized spacial score (nSPS) is 11.1. The van der Waals surface area contributed by atoms with Crippen molar-refractivity contribution in [3.05, 3.63) is 27.1 Å². The average Bonchev–Trinajstić information content (AvgIpc) is 2.79. The highest BCUT2D eigenvalue weighted by molar-refractivity contribution is 7.20. The molecule has 0 aliphatic rings. The monoisotopic (exact) mass is 312 g/mol. The van der Waals surface area contributed by atoms with Crippen LogP contribution in [0.25, 0.3) is 10.2 Å². The Bertz CT molecular complexity index is 706. The van der Waals surface area contributed by atoms with Gasteiger partial charge in [0, 0.05) is 7.11 Å². The summed E-state index contributed by atoms with van der Waals surface area (Å²) in [5, 5.41) is 9.46. The zero-order chi connectivity index (χ0) is 15.4. The Kier molecular flexibility index (Phi) is 5.05. The van der Waals surface area contributed by atoms with Crippen molar-refractivity contribution in [3.63, 3.8) is 0 Å². The maximum absolute atomic E-state index is 12.4. The van der Waals surface area contributed by atoms with E-state index in [1.54, 1.807) is 14.0 Å². The fourth-order valence-electron chi connectivity index (χ4n) is 1.93. The maximum Gasteiger partial charge on any atom is 0.346 e. The lowest BCUT2D eigenvalue weighted by Gasteiger charge is -2.06. The molecule has 21 heavy (non-hydrogen) atoms. The first-order chi connectivity index (χ1) is 10.1. The van der Waals surface area contributed by atoms with Crippen molar-refractivity contribution in [3.8, 4) is 0 Å². The first-order valence-electron chi connectivity index (χ1n) is 6.34. The second-order valence-corrected chi connectivity index (χ2v) is 5.39. The summed E-state index contributed by atoms with van der Waals surface area (Å²) in [4.78, 5) is 28.2. The SMILES string of the molecule is COCCOCCn1cnc2sc(C(=O)O)c(C)c2c1=O. The number of aromatic nitrogens is 2. The lowest BCUT2D eigenvalue weighted by Crippen LogP contribution is -2.23. The number of aromatic carboxylic acids is 1. The fraction of sp³-hybridized carbons (Fsp3) is 0.462. The van der Waals surface area contributed by atoms with Gasteiger partial charge in [0.2, 0.25) is 0 Å². The highest BCUT2D eigenvalue weighted by Crippen LogP contribution is 2.26. The fourth-order valence-corrected chi connectivity index (χ4v) is 2.91. The van der Waals surface area contributed by atoms with Crippen molar-refractivity contribution in [2.24, 2.45) is 0 Å². The summed E-state index contributed by atoms with van der Waals surface area (Å²) in [6.07, 6.45) is 1.42. The Morgan fingerprint density at radius 3 is 2.86 bits per heavy atom. The van der Waals surface area contributed by atoms with Crippen LogP contribution < -0.4 is 5.56 Å². The lowest BCUT2D eigenvalue weighted by molar-refractivity contribution is 0.0662. The molecule has 0 aliphatic carbocycles. The molecule has 0 fully saturated rings. The summed E-state index contributed by atoms with van der Waals surface area (Å²) in [7, 11) is 1.59. The maximum atomic E-state index is 12.4. The summed E-state index contributed by atoms with van der Waals surface area (Å²) in [6.45, 7) is 3.32. The Morgan fingerprint density at radius 1 is 1.43 bits per heavy atom. The summed E-state index contributed by atoms with van der Waals surface area (Å²) in [6, 6.07) is 0. The zero-order valence-corrected chi connectivity index (χ0v) is 12.6. The molecule has 0 aliphatic heterocycles. The third-order valence-electron chi connectivity index (χ3n) is 3.02. The van der Waals surface area contributed by atoms with E-state index in [-0.39, 0.29) is 10.4 Å². The van der Waals surface area contributed by atoms with E-state index >= 15 is 0 Å². The van der Waals surface area contributed by atoms with E-state index in [0.29, 0.717) is 42.1 Å². The number of fused-ring (bicyclic) bond motifs is 1. The van der Waals surface area contributed by atoms with E-state index in [1.807, 2.05) is 0 Å². The molecule has 7 nitrogen and oxygen atoms in total. The van der Waals surface area contributed by atoms with Crippen LogP contribution in [0.4, 0.5) is 0 Å². The number of methoxy groups -OCH3 is 1. The van der Waals surface area contributed by atoms with Crippen LogP contribution in [0.1, 0.15) is 15.2 Å². The smallest absolute Gasteiger partial charge is 0.346 e. The van der Waals surface area contributed by atoms with Crippen LogP contribution in [0.5, 0.6) is 0 Å². The number of carboxylic acids is 1. The first-order valence-corrected chi connectivity index (χ1v) is 7.16. The van der Waals surface area contributed by atoms with Crippen molar-refractivity contribution in [2.75, 3.05) is 26.9 Å². The molecule has 0 radical (unpaired) electrons. The number of ether oxygens (including phenoxy) is 2. The van der Waals surface area contributed by atoms with Gasteiger partial charge in [0.25, 0.3) is 5.56 Å². The third kappa shape index (κ3) is 3.29. The van der Waals surface area contributed by atoms with Crippen LogP contribution in [0.3, 0.4) is 0 Å². The molecule has 0 saturated heterocycles. The molecule has 2 aromatic heterocycles. The van der Waals surface area contributed by atoms with Crippen LogP contribution in [0.15, 0.2) is 11.1 Å². The van der Waals surface area contributed by atoms with Crippen molar-refractivity contribution in [1.29, 1.82) is 0 Å². The first kappa shape index (κ1) is 15.6. The quantitative estimate of drug-likeness (QED) is 0.771. The minimum absolute atomic E-state index is 0.156. The summed E-state index contributed by atoms with van der Waals surface area (Å²) >= 11 is 1.02. The molecule has 0 amide bonds. The highest BCUT2D eigenvalue weighted by atomic mass is 32.1. The van der Waals surface area contributed by atoms with E-state index in [9.17, 15) is 9.59 Å². The number of nitrogens with zero attached hydrogens (tertiary/aromatic N) is 2. The van der Waals surface area contributed by atoms with Crippen molar-refractivity contribution >= 4 is 27.5 Å². The second kappa shape index (κ2) is 6.79. The van der Waals surface area contributed by atoms with Crippen LogP contribution in [-0.2, 0) is 16.0 Å². The second-order valence-electron chi connectivity index (χ2n) is 4.39. The van der Waals surface area contributed by atoms with Gasteiger partial charge >= 0.3 is 5.97 Å². The number of hydrogen-bond acceptors (Lipinski definition) is 6. The molecule has 2 aromatic rings. The van der Waals surface area contributed by atoms with E-state index in [1.165, 1.54) is 10.9 Å². The van der Waals surface area contributed by atoms with Gasteiger partial charge in [0.05, 0.1) is 38.1 Å². The van der Waals surface area contributed by atoms with Crippen LogP contribution in [0, 0.1) is 6.92 Å². The van der Waals surface area contributed by atoms with Gasteiger partial charge in [-0.05, 0) is 12.5 Å². The lowest BCUT2D eigenvalue weighted by atomic mass is 10.2. The van der Waals surface area contributed by atoms with E-state index in [0.717, 1.165) is 11.3 Å². The van der Waals surface area contributed by atoms with Gasteiger partial charge in [0.15, 0.2) is 0 Å². The predicted octanol–water partition coefficient (Wildman–Crippen LogP) is 1.13. The van der Waals surface area contributed by atoms with Gasteiger partial charge in [-0.2, -0.15) is 0 Å². The molecule has 0 saturated carbocycles. The molecule has 0 spiro atoms. The average molecular weight is 312 g/mol. The molecule has 8 heteroatoms. The number of carboxylic acid groups (broad SMARTS) is 1. The van der Waals surface area contributed by atoms with Crippen molar-refractivity contribution in [2.45, 2.75) is 13.5 Å². The van der Waals surface area contributed by atoms with Crippen molar-refractivity contribution in [1.82, 2.24) is 9.55 Å². The Hall–Kier alpha value is -1.77. The molecule has 0 bridgehead atoms. The number of thiophene rings is 1. The largest absolute Gasteiger partial charge is 0.477 e. The summed E-state index contributed by atoms with van der Waals surface area (Å²) < 4.78 is 11.6. The Morgan fingerprint density at radius 2 is 2.19 bits per heavy atom. The molecule has 0 unspecified atom stereocenters. The molecule has 2 rings (SSSR count). The molecule has 114 valence electrons. The summed E-state index contributed by atoms with van der Waals surface area (Å²) in [5.74, 6) is -1.04. The minimum atomic E-state index is -1.04. The van der Waals surface area contributed by atoms with Gasteiger partial charge in [0.1, 0.15) is 9.71 Å². The van der Waals surface area contributed by atoms with Gasteiger partial charge in [-0.25, -0.2) is 9.78 Å². The van der Waals surface area contributed by atoms with E-state index in [4.69, 9.17) is 14.6 Å². The molecular weight excluding hydrogens is 296 g/mol. The van der Waals surface area contributed by atoms with E-state index < -0.39 is 5.97 Å². The zero-order valence-electron chi connectivity index (χ0n) is 11.8. The van der Waals surface area contributed by atoms with Gasteiger partial charge in [-0.1, -0.05) is 0 Å². The number of rotatable bonds is 7. The van der Waals surface area contributed by atoms with Crippen molar-refractivity contribution < 1.29 is 19.4 Å². The number of carbonyl (C=O) groups is 1. The van der Waals surface area contributed by atoms with Gasteiger partial charge in [-0.15, -0.1) is 11.3 Å². The van der Waals surface area contributed by atoms with Crippen LogP contribution >= 0.6 is 11.3 Å². The van der Waals surface area contributed by atoms with Crippen LogP contribution in [0.2, 0.25) is 0 Å².